The summed E-state index contributed by atoms with van der Waals surface area (Å²) in [6.07, 6.45) is 1.71. The second-order valence-corrected chi connectivity index (χ2v) is 5.01. The fourth-order valence-corrected chi connectivity index (χ4v) is 2.22. The summed E-state index contributed by atoms with van der Waals surface area (Å²) in [7, 11) is 0. The van der Waals surface area contributed by atoms with Crippen molar-refractivity contribution in [2.45, 2.75) is 32.7 Å². The van der Waals surface area contributed by atoms with Crippen LogP contribution in [0.15, 0.2) is 24.3 Å². The van der Waals surface area contributed by atoms with E-state index in [0.29, 0.717) is 6.54 Å². The van der Waals surface area contributed by atoms with Crippen LogP contribution in [0.2, 0.25) is 0 Å². The Balaban J connectivity index is 2.01. The molecule has 1 heterocycles. The molecule has 1 N–H and O–H groups in total. The van der Waals surface area contributed by atoms with Crippen molar-refractivity contribution >= 4 is 11.8 Å². The van der Waals surface area contributed by atoms with Crippen molar-refractivity contribution in [3.63, 3.8) is 0 Å². The SMILES string of the molecule is CCC(C)NC(=O)CN1CCc2ccccc2C1=O. The second-order valence-electron chi connectivity index (χ2n) is 5.01. The molecule has 0 bridgehead atoms. The number of hydrogen-bond donors (Lipinski definition) is 1. The standard InChI is InChI=1S/C15H20N2O2/c1-3-11(2)16-14(18)10-17-9-8-12-6-4-5-7-13(12)15(17)19/h4-7,11H,3,8-10H2,1-2H3,(H,16,18). The number of benzene rings is 1. The van der Waals surface area contributed by atoms with Gasteiger partial charge in [-0.25, -0.2) is 0 Å². The summed E-state index contributed by atoms with van der Waals surface area (Å²) in [5.41, 5.74) is 1.80. The Morgan fingerprint density at radius 2 is 2.16 bits per heavy atom. The number of fused-ring (bicyclic) bond motifs is 1. The molecular formula is C15H20N2O2. The molecule has 1 aliphatic heterocycles. The molecule has 19 heavy (non-hydrogen) atoms. The summed E-state index contributed by atoms with van der Waals surface area (Å²) in [4.78, 5) is 25.7. The van der Waals surface area contributed by atoms with E-state index in [-0.39, 0.29) is 24.4 Å². The average Bonchev–Trinajstić information content (AvgIpc) is 2.42. The first-order chi connectivity index (χ1) is 9.11. The van der Waals surface area contributed by atoms with Crippen LogP contribution < -0.4 is 5.32 Å². The van der Waals surface area contributed by atoms with Gasteiger partial charge in [0.1, 0.15) is 0 Å². The van der Waals surface area contributed by atoms with Crippen LogP contribution in [0.3, 0.4) is 0 Å². The zero-order chi connectivity index (χ0) is 13.8. The molecule has 2 rings (SSSR count). The highest BCUT2D eigenvalue weighted by Crippen LogP contribution is 2.18. The summed E-state index contributed by atoms with van der Waals surface area (Å²) in [5, 5.41) is 2.89. The highest BCUT2D eigenvalue weighted by atomic mass is 16.2. The van der Waals surface area contributed by atoms with Crippen molar-refractivity contribution in [3.05, 3.63) is 35.4 Å². The molecule has 4 heteroatoms. The van der Waals surface area contributed by atoms with E-state index < -0.39 is 0 Å². The van der Waals surface area contributed by atoms with Crippen LogP contribution in [0.4, 0.5) is 0 Å². The third-order valence-electron chi connectivity index (χ3n) is 3.54. The first kappa shape index (κ1) is 13.6. The fraction of sp³-hybridized carbons (Fsp3) is 0.467. The molecule has 2 amide bonds. The van der Waals surface area contributed by atoms with E-state index in [1.165, 1.54) is 0 Å². The normalized spacial score (nSPS) is 15.9. The molecule has 0 saturated carbocycles. The topological polar surface area (TPSA) is 49.4 Å². The molecule has 0 aromatic heterocycles. The lowest BCUT2D eigenvalue weighted by atomic mass is 9.99. The number of amides is 2. The van der Waals surface area contributed by atoms with Gasteiger partial charge in [-0.05, 0) is 31.4 Å². The molecule has 1 aromatic carbocycles. The lowest BCUT2D eigenvalue weighted by Gasteiger charge is -2.28. The molecule has 1 aliphatic rings. The van der Waals surface area contributed by atoms with Crippen molar-refractivity contribution in [1.82, 2.24) is 10.2 Å². The summed E-state index contributed by atoms with van der Waals surface area (Å²) in [6.45, 7) is 4.75. The minimum absolute atomic E-state index is 0.0406. The van der Waals surface area contributed by atoms with Crippen molar-refractivity contribution in [1.29, 1.82) is 0 Å². The third-order valence-corrected chi connectivity index (χ3v) is 3.54. The molecule has 0 saturated heterocycles. The smallest absolute Gasteiger partial charge is 0.254 e. The van der Waals surface area contributed by atoms with E-state index in [1.807, 2.05) is 38.1 Å². The monoisotopic (exact) mass is 260 g/mol. The molecule has 0 aliphatic carbocycles. The Morgan fingerprint density at radius 1 is 1.42 bits per heavy atom. The van der Waals surface area contributed by atoms with E-state index >= 15 is 0 Å². The lowest BCUT2D eigenvalue weighted by molar-refractivity contribution is -0.122. The van der Waals surface area contributed by atoms with Gasteiger partial charge in [0.15, 0.2) is 0 Å². The Kier molecular flexibility index (Phi) is 4.20. The molecule has 0 fully saturated rings. The number of carbonyl (C=O) groups is 2. The van der Waals surface area contributed by atoms with Crippen LogP contribution >= 0.6 is 0 Å². The van der Waals surface area contributed by atoms with Gasteiger partial charge in [-0.15, -0.1) is 0 Å². The Morgan fingerprint density at radius 3 is 2.89 bits per heavy atom. The fourth-order valence-electron chi connectivity index (χ4n) is 2.22. The van der Waals surface area contributed by atoms with Crippen LogP contribution in [0.25, 0.3) is 0 Å². The predicted molar refractivity (Wildman–Crippen MR) is 73.9 cm³/mol. The first-order valence-corrected chi connectivity index (χ1v) is 6.78. The van der Waals surface area contributed by atoms with Gasteiger partial charge in [0.25, 0.3) is 5.91 Å². The molecule has 1 atom stereocenters. The van der Waals surface area contributed by atoms with Crippen molar-refractivity contribution < 1.29 is 9.59 Å². The Hall–Kier alpha value is -1.84. The van der Waals surface area contributed by atoms with Crippen LogP contribution in [0.1, 0.15) is 36.2 Å². The van der Waals surface area contributed by atoms with Crippen LogP contribution in [0, 0.1) is 0 Å². The van der Waals surface area contributed by atoms with E-state index in [1.54, 1.807) is 4.90 Å². The number of nitrogens with one attached hydrogen (secondary N) is 1. The van der Waals surface area contributed by atoms with Gasteiger partial charge in [-0.3, -0.25) is 9.59 Å². The molecule has 1 aromatic rings. The molecule has 0 spiro atoms. The van der Waals surface area contributed by atoms with Gasteiger partial charge in [0, 0.05) is 18.2 Å². The molecule has 0 radical (unpaired) electrons. The summed E-state index contributed by atoms with van der Waals surface area (Å²) >= 11 is 0. The summed E-state index contributed by atoms with van der Waals surface area (Å²) in [6, 6.07) is 7.76. The lowest BCUT2D eigenvalue weighted by Crippen LogP contribution is -2.45. The highest BCUT2D eigenvalue weighted by Gasteiger charge is 2.25. The number of rotatable bonds is 4. The largest absolute Gasteiger partial charge is 0.352 e. The molecule has 4 nitrogen and oxygen atoms in total. The maximum absolute atomic E-state index is 12.3. The Labute approximate surface area is 113 Å². The van der Waals surface area contributed by atoms with Crippen LogP contribution in [-0.2, 0) is 11.2 Å². The number of nitrogens with zero attached hydrogens (tertiary/aromatic N) is 1. The minimum Gasteiger partial charge on any atom is -0.352 e. The van der Waals surface area contributed by atoms with Gasteiger partial charge in [0.05, 0.1) is 6.54 Å². The average molecular weight is 260 g/mol. The number of hydrogen-bond acceptors (Lipinski definition) is 2. The minimum atomic E-state index is -0.0814. The third kappa shape index (κ3) is 3.13. The maximum atomic E-state index is 12.3. The molecule has 102 valence electrons. The van der Waals surface area contributed by atoms with E-state index in [0.717, 1.165) is 24.0 Å². The summed E-state index contributed by atoms with van der Waals surface area (Å²) < 4.78 is 0. The zero-order valence-corrected chi connectivity index (χ0v) is 11.5. The quantitative estimate of drug-likeness (QED) is 0.894. The van der Waals surface area contributed by atoms with Gasteiger partial charge in [0.2, 0.25) is 5.91 Å². The van der Waals surface area contributed by atoms with Gasteiger partial charge >= 0.3 is 0 Å². The van der Waals surface area contributed by atoms with E-state index in [2.05, 4.69) is 5.32 Å². The summed E-state index contributed by atoms with van der Waals surface area (Å²) in [5.74, 6) is -0.122. The zero-order valence-electron chi connectivity index (χ0n) is 11.5. The predicted octanol–water partition coefficient (Wildman–Crippen LogP) is 1.60. The number of carbonyl (C=O) groups excluding carboxylic acids is 2. The van der Waals surface area contributed by atoms with E-state index in [9.17, 15) is 9.59 Å². The molecular weight excluding hydrogens is 240 g/mol. The van der Waals surface area contributed by atoms with Crippen molar-refractivity contribution in [3.8, 4) is 0 Å². The maximum Gasteiger partial charge on any atom is 0.254 e. The van der Waals surface area contributed by atoms with Crippen LogP contribution in [0.5, 0.6) is 0 Å². The van der Waals surface area contributed by atoms with Gasteiger partial charge in [-0.1, -0.05) is 25.1 Å². The van der Waals surface area contributed by atoms with Gasteiger partial charge < -0.3 is 10.2 Å². The second kappa shape index (κ2) is 5.87. The Bertz CT molecular complexity index is 485. The van der Waals surface area contributed by atoms with Crippen molar-refractivity contribution in [2.24, 2.45) is 0 Å². The van der Waals surface area contributed by atoms with E-state index in [4.69, 9.17) is 0 Å². The first-order valence-electron chi connectivity index (χ1n) is 6.78. The van der Waals surface area contributed by atoms with Crippen LogP contribution in [-0.4, -0.2) is 35.8 Å². The van der Waals surface area contributed by atoms with Crippen molar-refractivity contribution in [2.75, 3.05) is 13.1 Å². The highest BCUT2D eigenvalue weighted by molar-refractivity contribution is 5.98. The van der Waals surface area contributed by atoms with Gasteiger partial charge in [-0.2, -0.15) is 0 Å². The molecule has 1 unspecified atom stereocenters.